The molecule has 7 heteroatoms. The van der Waals surface area contributed by atoms with Crippen molar-refractivity contribution in [2.75, 3.05) is 30.4 Å². The van der Waals surface area contributed by atoms with E-state index in [1.165, 1.54) is 0 Å². The van der Waals surface area contributed by atoms with Gasteiger partial charge in [-0.25, -0.2) is 4.68 Å². The number of aryl methyl sites for hydroxylation is 1. The molecule has 3 rings (SSSR count). The number of carbonyl (C=O) groups is 1. The Morgan fingerprint density at radius 2 is 2.00 bits per heavy atom. The number of nitrogens with zero attached hydrogens (tertiary/aromatic N) is 4. The summed E-state index contributed by atoms with van der Waals surface area (Å²) < 4.78 is 1.79. The van der Waals surface area contributed by atoms with Crippen LogP contribution in [0.4, 0.5) is 11.4 Å². The molecule has 1 aromatic heterocycles. The van der Waals surface area contributed by atoms with Crippen molar-refractivity contribution in [1.29, 1.82) is 0 Å². The average molecular weight is 339 g/mol. The molecule has 25 heavy (non-hydrogen) atoms. The highest BCUT2D eigenvalue weighted by Gasteiger charge is 2.10. The van der Waals surface area contributed by atoms with Gasteiger partial charge in [0.25, 0.3) is 5.91 Å². The SMILES string of the molecule is CCn1nnc2cc(C(=O)Nc3ccc(N(C)CCO)cc3)ccc21. The van der Waals surface area contributed by atoms with E-state index in [-0.39, 0.29) is 12.5 Å². The Kier molecular flexibility index (Phi) is 4.95. The smallest absolute Gasteiger partial charge is 0.255 e. The van der Waals surface area contributed by atoms with Crippen LogP contribution in [0.2, 0.25) is 0 Å². The predicted octanol–water partition coefficient (Wildman–Crippen LogP) is 2.13. The minimum Gasteiger partial charge on any atom is -0.395 e. The van der Waals surface area contributed by atoms with Crippen LogP contribution >= 0.6 is 0 Å². The largest absolute Gasteiger partial charge is 0.395 e. The summed E-state index contributed by atoms with van der Waals surface area (Å²) in [5.74, 6) is -0.190. The van der Waals surface area contributed by atoms with Crippen molar-refractivity contribution in [3.63, 3.8) is 0 Å². The lowest BCUT2D eigenvalue weighted by molar-refractivity contribution is 0.102. The highest BCUT2D eigenvalue weighted by molar-refractivity contribution is 6.05. The van der Waals surface area contributed by atoms with Gasteiger partial charge in [-0.1, -0.05) is 5.21 Å². The maximum Gasteiger partial charge on any atom is 0.255 e. The second-order valence-electron chi connectivity index (χ2n) is 5.75. The zero-order chi connectivity index (χ0) is 17.8. The lowest BCUT2D eigenvalue weighted by Crippen LogP contribution is -2.21. The number of amides is 1. The number of likely N-dealkylation sites (N-methyl/N-ethyl adjacent to an activating group) is 1. The molecule has 0 atom stereocenters. The second-order valence-corrected chi connectivity index (χ2v) is 5.75. The van der Waals surface area contributed by atoms with Gasteiger partial charge in [0.1, 0.15) is 5.52 Å². The van der Waals surface area contributed by atoms with Crippen molar-refractivity contribution in [1.82, 2.24) is 15.0 Å². The summed E-state index contributed by atoms with van der Waals surface area (Å²) in [6.45, 7) is 3.39. The molecule has 2 aromatic carbocycles. The zero-order valence-electron chi connectivity index (χ0n) is 14.3. The van der Waals surface area contributed by atoms with E-state index in [2.05, 4.69) is 15.6 Å². The van der Waals surface area contributed by atoms with Crippen molar-refractivity contribution in [2.24, 2.45) is 0 Å². The van der Waals surface area contributed by atoms with Crippen LogP contribution in [0, 0.1) is 0 Å². The fourth-order valence-corrected chi connectivity index (χ4v) is 2.63. The molecule has 0 radical (unpaired) electrons. The number of fused-ring (bicyclic) bond motifs is 1. The second kappa shape index (κ2) is 7.31. The minimum atomic E-state index is -0.190. The fraction of sp³-hybridized carbons (Fsp3) is 0.278. The number of rotatable bonds is 6. The minimum absolute atomic E-state index is 0.0973. The average Bonchev–Trinajstić information content (AvgIpc) is 3.04. The number of nitrogens with one attached hydrogen (secondary N) is 1. The molecule has 3 aromatic rings. The number of aliphatic hydroxyl groups is 1. The Labute approximate surface area is 145 Å². The molecule has 1 amide bonds. The third kappa shape index (κ3) is 3.61. The van der Waals surface area contributed by atoms with Gasteiger partial charge in [0.2, 0.25) is 0 Å². The van der Waals surface area contributed by atoms with Gasteiger partial charge in [-0.2, -0.15) is 0 Å². The van der Waals surface area contributed by atoms with Crippen molar-refractivity contribution in [3.05, 3.63) is 48.0 Å². The van der Waals surface area contributed by atoms with Crippen LogP contribution in [0.3, 0.4) is 0 Å². The summed E-state index contributed by atoms with van der Waals surface area (Å²) in [4.78, 5) is 14.4. The number of anilines is 2. The van der Waals surface area contributed by atoms with E-state index in [9.17, 15) is 4.79 Å². The third-order valence-electron chi connectivity index (χ3n) is 4.08. The zero-order valence-corrected chi connectivity index (χ0v) is 14.3. The first-order chi connectivity index (χ1) is 12.1. The number of aliphatic hydroxyl groups excluding tert-OH is 1. The van der Waals surface area contributed by atoms with E-state index in [0.29, 0.717) is 23.3 Å². The first-order valence-corrected chi connectivity index (χ1v) is 8.19. The molecule has 0 fully saturated rings. The molecule has 2 N–H and O–H groups in total. The molecule has 0 saturated heterocycles. The summed E-state index contributed by atoms with van der Waals surface area (Å²) in [5.41, 5.74) is 3.84. The van der Waals surface area contributed by atoms with E-state index in [0.717, 1.165) is 17.7 Å². The monoisotopic (exact) mass is 339 g/mol. The van der Waals surface area contributed by atoms with Crippen LogP contribution in [-0.2, 0) is 6.54 Å². The lowest BCUT2D eigenvalue weighted by atomic mass is 10.1. The molecule has 0 aliphatic carbocycles. The maximum atomic E-state index is 12.4. The van der Waals surface area contributed by atoms with Crippen LogP contribution in [0.1, 0.15) is 17.3 Å². The van der Waals surface area contributed by atoms with E-state index >= 15 is 0 Å². The van der Waals surface area contributed by atoms with Gasteiger partial charge in [0.05, 0.1) is 12.1 Å². The quantitative estimate of drug-likeness (QED) is 0.719. The van der Waals surface area contributed by atoms with Gasteiger partial charge in [-0.05, 0) is 49.4 Å². The highest BCUT2D eigenvalue weighted by atomic mass is 16.3. The van der Waals surface area contributed by atoms with Crippen LogP contribution in [0.25, 0.3) is 11.0 Å². The Morgan fingerprint density at radius 1 is 1.24 bits per heavy atom. The number of hydrogen-bond acceptors (Lipinski definition) is 5. The van der Waals surface area contributed by atoms with Crippen LogP contribution < -0.4 is 10.2 Å². The summed E-state index contributed by atoms with van der Waals surface area (Å²) in [5, 5.41) is 20.0. The van der Waals surface area contributed by atoms with Crippen LogP contribution in [0.15, 0.2) is 42.5 Å². The highest BCUT2D eigenvalue weighted by Crippen LogP contribution is 2.18. The molecule has 0 spiro atoms. The Hall–Kier alpha value is -2.93. The van der Waals surface area contributed by atoms with Gasteiger partial charge in [0, 0.05) is 37.1 Å². The Bertz CT molecular complexity index is 873. The molecular weight excluding hydrogens is 318 g/mol. The molecule has 1 heterocycles. The summed E-state index contributed by atoms with van der Waals surface area (Å²) in [6.07, 6.45) is 0. The fourth-order valence-electron chi connectivity index (χ4n) is 2.63. The summed E-state index contributed by atoms with van der Waals surface area (Å²) in [6, 6.07) is 12.9. The molecule has 0 bridgehead atoms. The summed E-state index contributed by atoms with van der Waals surface area (Å²) >= 11 is 0. The lowest BCUT2D eigenvalue weighted by Gasteiger charge is -2.18. The van der Waals surface area contributed by atoms with Gasteiger partial charge < -0.3 is 15.3 Å². The molecule has 0 unspecified atom stereocenters. The van der Waals surface area contributed by atoms with Crippen LogP contribution in [0.5, 0.6) is 0 Å². The van der Waals surface area contributed by atoms with Gasteiger partial charge in [-0.15, -0.1) is 5.10 Å². The molecule has 7 nitrogen and oxygen atoms in total. The molecule has 130 valence electrons. The van der Waals surface area contributed by atoms with E-state index in [4.69, 9.17) is 5.11 Å². The molecule has 0 saturated carbocycles. The van der Waals surface area contributed by atoms with E-state index in [1.54, 1.807) is 16.8 Å². The van der Waals surface area contributed by atoms with E-state index in [1.807, 2.05) is 49.2 Å². The Morgan fingerprint density at radius 3 is 2.68 bits per heavy atom. The van der Waals surface area contributed by atoms with Crippen molar-refractivity contribution in [2.45, 2.75) is 13.5 Å². The first-order valence-electron chi connectivity index (χ1n) is 8.19. The summed E-state index contributed by atoms with van der Waals surface area (Å²) in [7, 11) is 1.91. The third-order valence-corrected chi connectivity index (χ3v) is 4.08. The first kappa shape index (κ1) is 16.9. The molecule has 0 aliphatic heterocycles. The number of benzene rings is 2. The topological polar surface area (TPSA) is 83.3 Å². The van der Waals surface area contributed by atoms with Gasteiger partial charge >= 0.3 is 0 Å². The number of carbonyl (C=O) groups excluding carboxylic acids is 1. The maximum absolute atomic E-state index is 12.4. The van der Waals surface area contributed by atoms with Crippen LogP contribution in [-0.4, -0.2) is 46.2 Å². The Balaban J connectivity index is 1.73. The number of hydrogen-bond donors (Lipinski definition) is 2. The van der Waals surface area contributed by atoms with E-state index < -0.39 is 0 Å². The normalized spacial score (nSPS) is 10.8. The molecule has 0 aliphatic rings. The standard InChI is InChI=1S/C18H21N5O2/c1-3-23-17-9-4-13(12-16(17)20-21-23)18(25)19-14-5-7-15(8-6-14)22(2)10-11-24/h4-9,12,24H,3,10-11H2,1-2H3,(H,19,25). The van der Waals surface area contributed by atoms with Crippen molar-refractivity contribution < 1.29 is 9.90 Å². The molecular formula is C18H21N5O2. The van der Waals surface area contributed by atoms with Crippen molar-refractivity contribution in [3.8, 4) is 0 Å². The van der Waals surface area contributed by atoms with Crippen molar-refractivity contribution >= 4 is 28.3 Å². The van der Waals surface area contributed by atoms with Gasteiger partial charge in [-0.3, -0.25) is 4.79 Å². The van der Waals surface area contributed by atoms with Gasteiger partial charge in [0.15, 0.2) is 0 Å². The predicted molar refractivity (Wildman–Crippen MR) is 98.0 cm³/mol. The number of aromatic nitrogens is 3.